The van der Waals surface area contributed by atoms with E-state index in [1.165, 1.54) is 76.5 Å². The van der Waals surface area contributed by atoms with Gasteiger partial charge < -0.3 is 4.90 Å². The van der Waals surface area contributed by atoms with E-state index in [4.69, 9.17) is 0 Å². The van der Waals surface area contributed by atoms with Crippen LogP contribution >= 0.6 is 0 Å². The number of nitrogens with zero attached hydrogens (tertiary/aromatic N) is 1. The number of fused-ring (bicyclic) bond motifs is 5. The van der Waals surface area contributed by atoms with Crippen LogP contribution < -0.4 is 0 Å². The van der Waals surface area contributed by atoms with Gasteiger partial charge in [0.25, 0.3) is 0 Å². The molecule has 1 heterocycles. The van der Waals surface area contributed by atoms with E-state index in [1.807, 2.05) is 0 Å². The van der Waals surface area contributed by atoms with Gasteiger partial charge in [-0.3, -0.25) is 4.79 Å². The molecule has 4 aliphatic carbocycles. The zero-order chi connectivity index (χ0) is 18.8. The van der Waals surface area contributed by atoms with Crippen LogP contribution in [-0.4, -0.2) is 29.8 Å². The van der Waals surface area contributed by atoms with Gasteiger partial charge in [0, 0.05) is 12.5 Å². The Labute approximate surface area is 166 Å². The zero-order valence-corrected chi connectivity index (χ0v) is 17.8. The van der Waals surface area contributed by atoms with Crippen molar-refractivity contribution in [2.45, 2.75) is 91.0 Å². The summed E-state index contributed by atoms with van der Waals surface area (Å²) in [5.41, 5.74) is 1.90. The summed E-state index contributed by atoms with van der Waals surface area (Å²) >= 11 is 0. The van der Waals surface area contributed by atoms with Crippen LogP contribution in [0.25, 0.3) is 0 Å². The van der Waals surface area contributed by atoms with Crippen molar-refractivity contribution in [1.29, 1.82) is 0 Å². The molecule has 1 saturated heterocycles. The average Bonchev–Trinajstić information content (AvgIpc) is 3.26. The molecule has 150 valence electrons. The predicted octanol–water partition coefficient (Wildman–Crippen LogP) is 5.62. The second kappa shape index (κ2) is 6.44. The molecule has 0 bridgehead atoms. The molecule has 0 spiro atoms. The van der Waals surface area contributed by atoms with Crippen LogP contribution in [-0.2, 0) is 4.79 Å². The van der Waals surface area contributed by atoms with Gasteiger partial charge in [-0.05, 0) is 118 Å². The number of rotatable bonds is 1. The van der Waals surface area contributed by atoms with Crippen molar-refractivity contribution < 1.29 is 4.79 Å². The van der Waals surface area contributed by atoms with E-state index >= 15 is 0 Å². The number of carbonyl (C=O) groups is 1. The molecule has 5 fully saturated rings. The molecule has 0 radical (unpaired) electrons. The Kier molecular flexibility index (Phi) is 4.39. The van der Waals surface area contributed by atoms with Gasteiger partial charge in [0.2, 0.25) is 0 Å². The summed E-state index contributed by atoms with van der Waals surface area (Å²) in [5, 5.41) is 0. The van der Waals surface area contributed by atoms with Gasteiger partial charge in [-0.1, -0.05) is 19.9 Å². The van der Waals surface area contributed by atoms with Gasteiger partial charge in [-0.2, -0.15) is 0 Å². The maximum absolute atomic E-state index is 12.7. The summed E-state index contributed by atoms with van der Waals surface area (Å²) in [4.78, 5) is 15.5. The third kappa shape index (κ3) is 2.57. The molecule has 4 saturated carbocycles. The Balaban J connectivity index is 1.38. The van der Waals surface area contributed by atoms with Crippen LogP contribution in [0.5, 0.6) is 0 Å². The number of Topliss-reactive ketones (excluding diaryl/α,β-unsaturated/α-hetero) is 1. The monoisotopic (exact) mass is 369 g/mol. The van der Waals surface area contributed by atoms with E-state index in [1.54, 1.807) is 0 Å². The van der Waals surface area contributed by atoms with E-state index in [0.717, 1.165) is 30.2 Å². The standard InChI is InChI=1S/C25H39NO/c1-4-20-23(27)16-22-19-8-7-17-15-18(26-13-5-6-14-26)9-11-24(17,2)21(19)10-12-25(20,22)3/h4,17-19,21-22H,5-16H2,1-3H3/b20-4-/t17?,18-,19-,21+,22+,24+,25-/m1/s1. The SMILES string of the molecule is C/C=C1/C(=O)C[C@H]2[C@@H]3CCC4C[C@H](N5CCCC5)CC[C@]4(C)[C@H]3CC[C@]12C. The minimum Gasteiger partial charge on any atom is -0.300 e. The van der Waals surface area contributed by atoms with E-state index in [9.17, 15) is 4.79 Å². The van der Waals surface area contributed by atoms with E-state index in [-0.39, 0.29) is 5.41 Å². The lowest BCUT2D eigenvalue weighted by atomic mass is 9.45. The average molecular weight is 370 g/mol. The molecule has 27 heavy (non-hydrogen) atoms. The second-order valence-corrected chi connectivity index (χ2v) is 11.1. The van der Waals surface area contributed by atoms with Crippen LogP contribution in [0.1, 0.15) is 85.0 Å². The molecule has 2 heteroatoms. The number of ketones is 1. The number of carbonyl (C=O) groups excluding carboxylic acids is 1. The molecule has 0 aromatic carbocycles. The highest BCUT2D eigenvalue weighted by Crippen LogP contribution is 2.66. The van der Waals surface area contributed by atoms with Crippen molar-refractivity contribution in [3.8, 4) is 0 Å². The lowest BCUT2D eigenvalue weighted by Crippen LogP contribution is -2.54. The fourth-order valence-corrected chi connectivity index (χ4v) is 8.82. The number of likely N-dealkylation sites (tertiary alicyclic amines) is 1. The van der Waals surface area contributed by atoms with E-state index in [2.05, 4.69) is 31.7 Å². The highest BCUT2D eigenvalue weighted by molar-refractivity contribution is 5.99. The molecule has 5 rings (SSSR count). The first-order valence-corrected chi connectivity index (χ1v) is 11.9. The van der Waals surface area contributed by atoms with Crippen molar-refractivity contribution in [3.05, 3.63) is 11.6 Å². The van der Waals surface area contributed by atoms with Crippen molar-refractivity contribution in [2.75, 3.05) is 13.1 Å². The molecule has 0 aromatic heterocycles. The van der Waals surface area contributed by atoms with Crippen LogP contribution in [0.3, 0.4) is 0 Å². The summed E-state index contributed by atoms with van der Waals surface area (Å²) in [6, 6.07) is 0.874. The summed E-state index contributed by atoms with van der Waals surface area (Å²) in [6.07, 6.45) is 15.6. The van der Waals surface area contributed by atoms with Gasteiger partial charge >= 0.3 is 0 Å². The topological polar surface area (TPSA) is 20.3 Å². The summed E-state index contributed by atoms with van der Waals surface area (Å²) < 4.78 is 0. The van der Waals surface area contributed by atoms with Crippen LogP contribution in [0.15, 0.2) is 11.6 Å². The zero-order valence-electron chi connectivity index (χ0n) is 17.8. The molecule has 1 unspecified atom stereocenters. The quantitative estimate of drug-likeness (QED) is 0.559. The summed E-state index contributed by atoms with van der Waals surface area (Å²) in [7, 11) is 0. The number of allylic oxidation sites excluding steroid dienone is 2. The molecule has 7 atom stereocenters. The third-order valence-corrected chi connectivity index (χ3v) is 10.3. The van der Waals surface area contributed by atoms with E-state index < -0.39 is 0 Å². The Morgan fingerprint density at radius 1 is 1.00 bits per heavy atom. The van der Waals surface area contributed by atoms with Gasteiger partial charge in [-0.25, -0.2) is 0 Å². The highest BCUT2D eigenvalue weighted by atomic mass is 16.1. The van der Waals surface area contributed by atoms with Crippen LogP contribution in [0.4, 0.5) is 0 Å². The molecule has 1 aliphatic heterocycles. The fourth-order valence-electron chi connectivity index (χ4n) is 8.82. The lowest BCUT2D eigenvalue weighted by molar-refractivity contribution is -0.118. The molecule has 0 amide bonds. The van der Waals surface area contributed by atoms with Crippen molar-refractivity contribution in [2.24, 2.45) is 34.5 Å². The molecule has 5 aliphatic rings. The van der Waals surface area contributed by atoms with Gasteiger partial charge in [0.1, 0.15) is 0 Å². The number of hydrogen-bond acceptors (Lipinski definition) is 2. The molecule has 0 N–H and O–H groups in total. The molecule has 2 nitrogen and oxygen atoms in total. The summed E-state index contributed by atoms with van der Waals surface area (Å²) in [6.45, 7) is 9.88. The Hall–Kier alpha value is -0.630. The highest BCUT2D eigenvalue weighted by Gasteiger charge is 2.60. The van der Waals surface area contributed by atoms with Crippen LogP contribution in [0.2, 0.25) is 0 Å². The minimum absolute atomic E-state index is 0.183. The van der Waals surface area contributed by atoms with E-state index in [0.29, 0.717) is 17.1 Å². The maximum Gasteiger partial charge on any atom is 0.159 e. The molecular formula is C25H39NO. The maximum atomic E-state index is 12.7. The normalized spacial score (nSPS) is 51.9. The Morgan fingerprint density at radius 2 is 1.78 bits per heavy atom. The largest absolute Gasteiger partial charge is 0.300 e. The smallest absolute Gasteiger partial charge is 0.159 e. The van der Waals surface area contributed by atoms with Gasteiger partial charge in [-0.15, -0.1) is 0 Å². The van der Waals surface area contributed by atoms with Crippen molar-refractivity contribution in [1.82, 2.24) is 4.90 Å². The second-order valence-electron chi connectivity index (χ2n) is 11.1. The van der Waals surface area contributed by atoms with Gasteiger partial charge in [0.05, 0.1) is 0 Å². The predicted molar refractivity (Wildman–Crippen MR) is 110 cm³/mol. The lowest BCUT2D eigenvalue weighted by Gasteiger charge is -2.61. The first kappa shape index (κ1) is 18.4. The van der Waals surface area contributed by atoms with Gasteiger partial charge in [0.15, 0.2) is 5.78 Å². The Morgan fingerprint density at radius 3 is 2.52 bits per heavy atom. The Bertz CT molecular complexity index is 647. The first-order valence-electron chi connectivity index (χ1n) is 11.9. The van der Waals surface area contributed by atoms with Crippen molar-refractivity contribution >= 4 is 5.78 Å². The fraction of sp³-hybridized carbons (Fsp3) is 0.880. The molecular weight excluding hydrogens is 330 g/mol. The molecule has 0 aromatic rings. The number of hydrogen-bond donors (Lipinski definition) is 0. The van der Waals surface area contributed by atoms with Crippen molar-refractivity contribution in [3.63, 3.8) is 0 Å². The third-order valence-electron chi connectivity index (χ3n) is 10.3. The van der Waals surface area contributed by atoms with Crippen LogP contribution in [0, 0.1) is 34.5 Å². The summed E-state index contributed by atoms with van der Waals surface area (Å²) in [5.74, 6) is 3.70. The minimum atomic E-state index is 0.183. The first-order chi connectivity index (χ1) is 13.0.